The van der Waals surface area contributed by atoms with Crippen LogP contribution in [0.1, 0.15) is 5.56 Å². The minimum atomic E-state index is -3.37. The van der Waals surface area contributed by atoms with Gasteiger partial charge in [0.05, 0.1) is 15.1 Å². The van der Waals surface area contributed by atoms with Crippen LogP contribution in [0.25, 0.3) is 16.3 Å². The second kappa shape index (κ2) is 7.30. The zero-order valence-electron chi connectivity index (χ0n) is 14.4. The number of hydrogen-bond acceptors (Lipinski definition) is 8. The van der Waals surface area contributed by atoms with Crippen molar-refractivity contribution >= 4 is 48.5 Å². The van der Waals surface area contributed by atoms with E-state index in [0.29, 0.717) is 15.8 Å². The van der Waals surface area contributed by atoms with Crippen molar-refractivity contribution in [3.8, 4) is 17.6 Å². The lowest BCUT2D eigenvalue weighted by Gasteiger charge is -2.01. The summed E-state index contributed by atoms with van der Waals surface area (Å²) in [6, 6.07) is 10.1. The standard InChI is InChI=1S/C18H13N3O5S2/c1-28(25,26)12-3-4-13-16(8-12)27-18(20-13)21-17(24)11(9-19)6-10-2-5-14(22)15(23)7-10/h2-8,22-23H,1H3,(H,20,21,24)/b11-6+. The Bertz CT molecular complexity index is 1270. The number of thiazole rings is 1. The van der Waals surface area contributed by atoms with E-state index in [4.69, 9.17) is 0 Å². The first-order valence-electron chi connectivity index (χ1n) is 7.73. The molecule has 0 bridgehead atoms. The molecule has 0 aliphatic rings. The van der Waals surface area contributed by atoms with E-state index in [1.165, 1.54) is 42.5 Å². The molecule has 3 aromatic rings. The van der Waals surface area contributed by atoms with Crippen LogP contribution in [0.4, 0.5) is 5.13 Å². The number of nitrogens with one attached hydrogen (secondary N) is 1. The summed E-state index contributed by atoms with van der Waals surface area (Å²) in [7, 11) is -3.37. The van der Waals surface area contributed by atoms with Crippen LogP contribution in [0, 0.1) is 11.3 Å². The smallest absolute Gasteiger partial charge is 0.268 e. The number of fused-ring (bicyclic) bond motifs is 1. The molecule has 1 aromatic heterocycles. The first-order valence-corrected chi connectivity index (χ1v) is 10.4. The highest BCUT2D eigenvalue weighted by Crippen LogP contribution is 2.29. The van der Waals surface area contributed by atoms with Crippen molar-refractivity contribution in [3.05, 3.63) is 47.5 Å². The van der Waals surface area contributed by atoms with Crippen LogP contribution >= 0.6 is 11.3 Å². The monoisotopic (exact) mass is 415 g/mol. The summed E-state index contributed by atoms with van der Waals surface area (Å²) >= 11 is 1.08. The maximum atomic E-state index is 12.4. The molecule has 0 atom stereocenters. The predicted molar refractivity (Wildman–Crippen MR) is 105 cm³/mol. The number of aromatic hydroxyl groups is 2. The normalized spacial score (nSPS) is 11.9. The molecular weight excluding hydrogens is 402 g/mol. The molecule has 0 aliphatic carbocycles. The number of carbonyl (C=O) groups is 1. The molecule has 0 fully saturated rings. The number of phenolic OH excluding ortho intramolecular Hbond substituents is 2. The van der Waals surface area contributed by atoms with E-state index in [-0.39, 0.29) is 27.1 Å². The van der Waals surface area contributed by atoms with Gasteiger partial charge < -0.3 is 10.2 Å². The molecular formula is C18H13N3O5S2. The molecule has 3 rings (SSSR count). The van der Waals surface area contributed by atoms with Gasteiger partial charge in [-0.3, -0.25) is 10.1 Å². The molecule has 0 radical (unpaired) electrons. The molecule has 8 nitrogen and oxygen atoms in total. The van der Waals surface area contributed by atoms with E-state index in [0.717, 1.165) is 17.6 Å². The number of rotatable bonds is 4. The van der Waals surface area contributed by atoms with Gasteiger partial charge in [-0.2, -0.15) is 5.26 Å². The number of benzene rings is 2. The molecule has 28 heavy (non-hydrogen) atoms. The lowest BCUT2D eigenvalue weighted by atomic mass is 10.1. The van der Waals surface area contributed by atoms with Crippen molar-refractivity contribution in [2.45, 2.75) is 4.90 Å². The molecule has 1 heterocycles. The lowest BCUT2D eigenvalue weighted by molar-refractivity contribution is -0.112. The van der Waals surface area contributed by atoms with Gasteiger partial charge in [0.15, 0.2) is 26.5 Å². The molecule has 0 unspecified atom stereocenters. The fourth-order valence-electron chi connectivity index (χ4n) is 2.30. The van der Waals surface area contributed by atoms with Gasteiger partial charge in [-0.15, -0.1) is 0 Å². The molecule has 0 saturated carbocycles. The molecule has 142 valence electrons. The fourth-order valence-corrected chi connectivity index (χ4v) is 3.92. The van der Waals surface area contributed by atoms with E-state index in [9.17, 15) is 28.7 Å². The Labute approximate surface area is 163 Å². The summed E-state index contributed by atoms with van der Waals surface area (Å²) < 4.78 is 23.9. The zero-order valence-corrected chi connectivity index (χ0v) is 16.0. The van der Waals surface area contributed by atoms with Crippen LogP contribution < -0.4 is 5.32 Å². The second-order valence-corrected chi connectivity index (χ2v) is 8.84. The van der Waals surface area contributed by atoms with Gasteiger partial charge in [0.1, 0.15) is 11.6 Å². The minimum absolute atomic E-state index is 0.145. The van der Waals surface area contributed by atoms with E-state index in [1.807, 2.05) is 0 Å². The van der Waals surface area contributed by atoms with Crippen LogP contribution in [-0.4, -0.2) is 35.8 Å². The number of amides is 1. The third-order valence-corrected chi connectivity index (χ3v) is 5.73. The van der Waals surface area contributed by atoms with Crippen molar-refractivity contribution in [2.24, 2.45) is 0 Å². The number of anilines is 1. The van der Waals surface area contributed by atoms with Gasteiger partial charge in [-0.05, 0) is 42.0 Å². The first kappa shape index (κ1) is 19.3. The van der Waals surface area contributed by atoms with Gasteiger partial charge in [0.25, 0.3) is 5.91 Å². The van der Waals surface area contributed by atoms with Crippen LogP contribution in [0.2, 0.25) is 0 Å². The average molecular weight is 415 g/mol. The second-order valence-electron chi connectivity index (χ2n) is 5.79. The van der Waals surface area contributed by atoms with Gasteiger partial charge in [-0.1, -0.05) is 17.4 Å². The molecule has 3 N–H and O–H groups in total. The largest absolute Gasteiger partial charge is 0.504 e. The van der Waals surface area contributed by atoms with E-state index in [1.54, 1.807) is 6.07 Å². The maximum absolute atomic E-state index is 12.4. The Morgan fingerprint density at radius 2 is 1.96 bits per heavy atom. The summed E-state index contributed by atoms with van der Waals surface area (Å²) in [6.07, 6.45) is 2.35. The SMILES string of the molecule is CS(=O)(=O)c1ccc2nc(NC(=O)/C(C#N)=C/c3ccc(O)c(O)c3)sc2c1. The van der Waals surface area contributed by atoms with Gasteiger partial charge in [0.2, 0.25) is 0 Å². The number of carbonyl (C=O) groups excluding carboxylic acids is 1. The first-order chi connectivity index (χ1) is 13.2. The fraction of sp³-hybridized carbons (Fsp3) is 0.0556. The van der Waals surface area contributed by atoms with Crippen LogP contribution in [0.3, 0.4) is 0 Å². The van der Waals surface area contributed by atoms with Crippen molar-refractivity contribution in [1.29, 1.82) is 5.26 Å². The Morgan fingerprint density at radius 3 is 2.61 bits per heavy atom. The predicted octanol–water partition coefficient (Wildman–Crippen LogP) is 2.66. The molecule has 10 heteroatoms. The van der Waals surface area contributed by atoms with Crippen molar-refractivity contribution in [2.75, 3.05) is 11.6 Å². The summed E-state index contributed by atoms with van der Waals surface area (Å²) in [6.45, 7) is 0. The van der Waals surface area contributed by atoms with Gasteiger partial charge in [-0.25, -0.2) is 13.4 Å². The number of aromatic nitrogens is 1. The van der Waals surface area contributed by atoms with Gasteiger partial charge in [0, 0.05) is 6.26 Å². The van der Waals surface area contributed by atoms with E-state index >= 15 is 0 Å². The highest BCUT2D eigenvalue weighted by molar-refractivity contribution is 7.90. The quantitative estimate of drug-likeness (QED) is 0.338. The van der Waals surface area contributed by atoms with Gasteiger partial charge >= 0.3 is 0 Å². The topological polar surface area (TPSA) is 140 Å². The van der Waals surface area contributed by atoms with Crippen LogP contribution in [0.5, 0.6) is 11.5 Å². The Kier molecular flexibility index (Phi) is 5.04. The minimum Gasteiger partial charge on any atom is -0.504 e. The molecule has 0 saturated heterocycles. The number of phenols is 2. The molecule has 1 amide bonds. The lowest BCUT2D eigenvalue weighted by Crippen LogP contribution is -2.13. The average Bonchev–Trinajstić information content (AvgIpc) is 3.03. The number of hydrogen-bond donors (Lipinski definition) is 3. The highest BCUT2D eigenvalue weighted by atomic mass is 32.2. The molecule has 0 aliphatic heterocycles. The van der Waals surface area contributed by atoms with Crippen molar-refractivity contribution in [1.82, 2.24) is 4.98 Å². The third-order valence-electron chi connectivity index (χ3n) is 3.68. The Hall–Kier alpha value is -3.42. The van der Waals surface area contributed by atoms with Crippen molar-refractivity contribution < 1.29 is 23.4 Å². The van der Waals surface area contributed by atoms with E-state index < -0.39 is 15.7 Å². The summed E-state index contributed by atoms with van der Waals surface area (Å²) in [5.41, 5.74) is 0.629. The number of nitriles is 1. The van der Waals surface area contributed by atoms with Crippen molar-refractivity contribution in [3.63, 3.8) is 0 Å². The Balaban J connectivity index is 1.87. The number of nitrogens with zero attached hydrogens (tertiary/aromatic N) is 2. The Morgan fingerprint density at radius 1 is 1.21 bits per heavy atom. The molecule has 2 aromatic carbocycles. The summed E-state index contributed by atoms with van der Waals surface area (Å²) in [5.74, 6) is -1.40. The third kappa shape index (κ3) is 4.11. The number of sulfone groups is 1. The van der Waals surface area contributed by atoms with Crippen LogP contribution in [-0.2, 0) is 14.6 Å². The van der Waals surface area contributed by atoms with E-state index in [2.05, 4.69) is 10.3 Å². The van der Waals surface area contributed by atoms with Crippen LogP contribution in [0.15, 0.2) is 46.9 Å². The zero-order chi connectivity index (χ0) is 20.5. The highest BCUT2D eigenvalue weighted by Gasteiger charge is 2.15. The molecule has 0 spiro atoms. The summed E-state index contributed by atoms with van der Waals surface area (Å²) in [4.78, 5) is 16.7. The maximum Gasteiger partial charge on any atom is 0.268 e. The summed E-state index contributed by atoms with van der Waals surface area (Å²) in [5, 5.41) is 30.8.